The van der Waals surface area contributed by atoms with Crippen molar-refractivity contribution in [2.24, 2.45) is 0 Å². The molecule has 4 nitrogen and oxygen atoms in total. The molecule has 0 aromatic heterocycles. The second-order valence-corrected chi connectivity index (χ2v) is 6.20. The molecular weight excluding hydrogens is 293 g/mol. The molecule has 6 heteroatoms. The molecule has 0 spiro atoms. The Kier molecular flexibility index (Phi) is 4.93. The average molecular weight is 309 g/mol. The van der Waals surface area contributed by atoms with E-state index in [0.717, 1.165) is 6.07 Å². The first-order chi connectivity index (χ1) is 9.99. The highest BCUT2D eigenvalue weighted by molar-refractivity contribution is 7.89. The summed E-state index contributed by atoms with van der Waals surface area (Å²) in [5.74, 6) is 0.216. The smallest absolute Gasteiger partial charge is 0.240 e. The largest absolute Gasteiger partial charge is 0.492 e. The van der Waals surface area contributed by atoms with Gasteiger partial charge in [-0.15, -0.1) is 0 Å². The van der Waals surface area contributed by atoms with Gasteiger partial charge in [-0.3, -0.25) is 0 Å². The molecule has 0 aliphatic rings. The summed E-state index contributed by atoms with van der Waals surface area (Å²) in [6.45, 7) is 1.90. The van der Waals surface area contributed by atoms with Crippen LogP contribution in [0.15, 0.2) is 53.4 Å². The van der Waals surface area contributed by atoms with Gasteiger partial charge in [-0.1, -0.05) is 18.2 Å². The van der Waals surface area contributed by atoms with Gasteiger partial charge in [0.15, 0.2) is 0 Å². The highest BCUT2D eigenvalue weighted by Gasteiger charge is 2.16. The average Bonchev–Trinajstić information content (AvgIpc) is 2.44. The van der Waals surface area contributed by atoms with E-state index >= 15 is 0 Å². The summed E-state index contributed by atoms with van der Waals surface area (Å²) in [5, 5.41) is 0. The lowest BCUT2D eigenvalue weighted by atomic mass is 10.2. The molecule has 0 saturated heterocycles. The second-order valence-electron chi connectivity index (χ2n) is 4.47. The molecule has 0 atom stereocenters. The Balaban J connectivity index is 1.92. The van der Waals surface area contributed by atoms with Crippen LogP contribution in [0.1, 0.15) is 5.56 Å². The van der Waals surface area contributed by atoms with E-state index in [0.29, 0.717) is 11.3 Å². The number of aryl methyl sites for hydroxylation is 1. The Bertz CT molecular complexity index is 702. The minimum Gasteiger partial charge on any atom is -0.492 e. The van der Waals surface area contributed by atoms with Crippen LogP contribution >= 0.6 is 0 Å². The van der Waals surface area contributed by atoms with Gasteiger partial charge in [0.1, 0.15) is 18.2 Å². The van der Waals surface area contributed by atoms with E-state index in [4.69, 9.17) is 4.74 Å². The molecule has 1 N–H and O–H groups in total. The van der Waals surface area contributed by atoms with Gasteiger partial charge in [-0.05, 0) is 42.8 Å². The number of benzene rings is 2. The minimum atomic E-state index is -3.66. The zero-order valence-electron chi connectivity index (χ0n) is 11.5. The van der Waals surface area contributed by atoms with Crippen LogP contribution in [0.4, 0.5) is 4.39 Å². The maximum Gasteiger partial charge on any atom is 0.240 e. The Hall–Kier alpha value is -1.92. The van der Waals surface area contributed by atoms with Crippen molar-refractivity contribution in [1.29, 1.82) is 0 Å². The van der Waals surface area contributed by atoms with Crippen LogP contribution in [0.2, 0.25) is 0 Å². The lowest BCUT2D eigenvalue weighted by Gasteiger charge is -2.10. The van der Waals surface area contributed by atoms with Crippen molar-refractivity contribution in [3.63, 3.8) is 0 Å². The number of hydrogen-bond donors (Lipinski definition) is 1. The summed E-state index contributed by atoms with van der Waals surface area (Å²) in [6.07, 6.45) is 0. The Morgan fingerprint density at radius 3 is 2.52 bits per heavy atom. The predicted molar refractivity (Wildman–Crippen MR) is 78.3 cm³/mol. The third-order valence-corrected chi connectivity index (χ3v) is 4.45. The number of halogens is 1. The van der Waals surface area contributed by atoms with Crippen LogP contribution in [-0.2, 0) is 10.0 Å². The molecule has 2 aromatic carbocycles. The van der Waals surface area contributed by atoms with Crippen LogP contribution in [0.25, 0.3) is 0 Å². The monoisotopic (exact) mass is 309 g/mol. The first-order valence-electron chi connectivity index (χ1n) is 6.43. The number of sulfonamides is 1. The Morgan fingerprint density at radius 1 is 1.14 bits per heavy atom. The molecule has 0 fully saturated rings. The van der Waals surface area contributed by atoms with Crippen molar-refractivity contribution in [2.75, 3.05) is 13.2 Å². The van der Waals surface area contributed by atoms with E-state index in [2.05, 4.69) is 4.72 Å². The highest BCUT2D eigenvalue weighted by Crippen LogP contribution is 2.15. The van der Waals surface area contributed by atoms with E-state index in [9.17, 15) is 12.8 Å². The molecule has 0 bridgehead atoms. The molecule has 0 saturated carbocycles. The van der Waals surface area contributed by atoms with Gasteiger partial charge in [-0.25, -0.2) is 17.5 Å². The topological polar surface area (TPSA) is 55.4 Å². The summed E-state index contributed by atoms with van der Waals surface area (Å²) in [5.41, 5.74) is 0.367. The number of rotatable bonds is 6. The molecule has 21 heavy (non-hydrogen) atoms. The maximum absolute atomic E-state index is 13.0. The van der Waals surface area contributed by atoms with Gasteiger partial charge >= 0.3 is 0 Å². The van der Waals surface area contributed by atoms with Crippen molar-refractivity contribution < 1.29 is 17.5 Å². The molecule has 0 aliphatic heterocycles. The summed E-state index contributed by atoms with van der Waals surface area (Å²) in [6, 6.07) is 12.7. The van der Waals surface area contributed by atoms with Crippen LogP contribution in [-0.4, -0.2) is 21.6 Å². The molecule has 112 valence electrons. The summed E-state index contributed by atoms with van der Waals surface area (Å²) < 4.78 is 45.0. The third-order valence-electron chi connectivity index (χ3n) is 2.83. The van der Waals surface area contributed by atoms with E-state index in [1.807, 2.05) is 18.2 Å². The van der Waals surface area contributed by atoms with E-state index in [1.54, 1.807) is 19.1 Å². The minimum absolute atomic E-state index is 0.0728. The fourth-order valence-electron chi connectivity index (χ4n) is 1.85. The lowest BCUT2D eigenvalue weighted by molar-refractivity contribution is 0.323. The van der Waals surface area contributed by atoms with Gasteiger partial charge in [-0.2, -0.15) is 0 Å². The normalized spacial score (nSPS) is 11.3. The highest BCUT2D eigenvalue weighted by atomic mass is 32.2. The first kappa shape index (κ1) is 15.5. The maximum atomic E-state index is 13.0. The van der Waals surface area contributed by atoms with Crippen molar-refractivity contribution in [1.82, 2.24) is 4.72 Å². The van der Waals surface area contributed by atoms with Gasteiger partial charge in [0.05, 0.1) is 4.90 Å². The van der Waals surface area contributed by atoms with Gasteiger partial charge in [0, 0.05) is 6.54 Å². The fraction of sp³-hybridized carbons (Fsp3) is 0.200. The van der Waals surface area contributed by atoms with Crippen LogP contribution in [0.3, 0.4) is 0 Å². The molecule has 0 heterocycles. The molecular formula is C15H16FNO3S. The molecule has 2 aromatic rings. The van der Waals surface area contributed by atoms with Gasteiger partial charge in [0.25, 0.3) is 0 Å². The van der Waals surface area contributed by atoms with Crippen LogP contribution in [0, 0.1) is 12.7 Å². The number of ether oxygens (including phenoxy) is 1. The standard InChI is InChI=1S/C15H16FNO3S/c1-12-11-13(16)7-8-15(12)21(18,19)17-9-10-20-14-5-3-2-4-6-14/h2-8,11,17H,9-10H2,1H3. The predicted octanol–water partition coefficient (Wildman–Crippen LogP) is 2.49. The van der Waals surface area contributed by atoms with Crippen molar-refractivity contribution in [2.45, 2.75) is 11.8 Å². The van der Waals surface area contributed by atoms with E-state index in [1.165, 1.54) is 12.1 Å². The molecule has 2 rings (SSSR count). The molecule has 0 radical (unpaired) electrons. The molecule has 0 unspecified atom stereocenters. The van der Waals surface area contributed by atoms with Crippen molar-refractivity contribution in [3.05, 3.63) is 59.9 Å². The second kappa shape index (κ2) is 6.69. The zero-order valence-corrected chi connectivity index (χ0v) is 12.4. The zero-order chi connectivity index (χ0) is 15.3. The summed E-state index contributed by atoms with van der Waals surface area (Å²) in [4.78, 5) is 0.0728. The van der Waals surface area contributed by atoms with E-state index in [-0.39, 0.29) is 18.0 Å². The van der Waals surface area contributed by atoms with Gasteiger partial charge < -0.3 is 4.74 Å². The van der Waals surface area contributed by atoms with Crippen molar-refractivity contribution in [3.8, 4) is 5.75 Å². The quantitative estimate of drug-likeness (QED) is 0.834. The molecule has 0 aliphatic carbocycles. The number of hydrogen-bond acceptors (Lipinski definition) is 3. The fourth-order valence-corrected chi connectivity index (χ4v) is 3.09. The lowest BCUT2D eigenvalue weighted by Crippen LogP contribution is -2.28. The summed E-state index contributed by atoms with van der Waals surface area (Å²) >= 11 is 0. The van der Waals surface area contributed by atoms with Gasteiger partial charge in [0.2, 0.25) is 10.0 Å². The first-order valence-corrected chi connectivity index (χ1v) is 7.91. The Morgan fingerprint density at radius 2 is 1.86 bits per heavy atom. The van der Waals surface area contributed by atoms with E-state index < -0.39 is 15.8 Å². The Labute approximate surface area is 123 Å². The number of para-hydroxylation sites is 1. The number of nitrogens with one attached hydrogen (secondary N) is 1. The van der Waals surface area contributed by atoms with Crippen LogP contribution < -0.4 is 9.46 Å². The SMILES string of the molecule is Cc1cc(F)ccc1S(=O)(=O)NCCOc1ccccc1. The third kappa shape index (κ3) is 4.27. The molecule has 0 amide bonds. The van der Waals surface area contributed by atoms with Crippen molar-refractivity contribution >= 4 is 10.0 Å². The van der Waals surface area contributed by atoms with Crippen LogP contribution in [0.5, 0.6) is 5.75 Å². The summed E-state index contributed by atoms with van der Waals surface area (Å²) in [7, 11) is -3.66.